The summed E-state index contributed by atoms with van der Waals surface area (Å²) in [4.78, 5) is 20.9. The van der Waals surface area contributed by atoms with E-state index in [0.29, 0.717) is 0 Å². The van der Waals surface area contributed by atoms with Crippen LogP contribution in [0.4, 0.5) is 4.79 Å². The van der Waals surface area contributed by atoms with Crippen molar-refractivity contribution in [1.82, 2.24) is 4.90 Å². The molecular weight excluding hydrogens is 321 g/mol. The third kappa shape index (κ3) is 4.90. The van der Waals surface area contributed by atoms with Gasteiger partial charge in [0.05, 0.1) is 0 Å². The van der Waals surface area contributed by atoms with Gasteiger partial charge in [0.15, 0.2) is 0 Å². The van der Waals surface area contributed by atoms with Gasteiger partial charge in [0.2, 0.25) is 0 Å². The Hall–Kier alpha value is -0.191. The Kier molecular flexibility index (Phi) is 4.55. The Balaban J connectivity index is 2.58. The zero-order valence-corrected chi connectivity index (χ0v) is 14.8. The Morgan fingerprint density at radius 1 is 1.35 bits per heavy atom. The van der Waals surface area contributed by atoms with E-state index < -0.39 is 24.0 Å². The molecule has 98 valence electrons. The van der Waals surface area contributed by atoms with Crippen molar-refractivity contribution in [3.8, 4) is 0 Å². The van der Waals surface area contributed by atoms with Gasteiger partial charge in [-0.25, -0.2) is 0 Å². The average Bonchev–Trinajstić information content (AvgIpc) is 2.14. The van der Waals surface area contributed by atoms with Gasteiger partial charge in [-0.3, -0.25) is 0 Å². The van der Waals surface area contributed by atoms with Crippen LogP contribution in [-0.2, 0) is 4.74 Å². The Morgan fingerprint density at radius 3 is 2.29 bits per heavy atom. The molecule has 0 atom stereocenters. The molecule has 0 fully saturated rings. The molecule has 0 saturated heterocycles. The monoisotopic (exact) mass is 347 g/mol. The molecule has 0 N–H and O–H groups in total. The summed E-state index contributed by atoms with van der Waals surface area (Å²) >= 11 is -1.90. The van der Waals surface area contributed by atoms with Gasteiger partial charge >= 0.3 is 109 Å². The van der Waals surface area contributed by atoms with Crippen molar-refractivity contribution in [1.29, 1.82) is 0 Å². The van der Waals surface area contributed by atoms with Crippen molar-refractivity contribution in [3.63, 3.8) is 0 Å². The first kappa shape index (κ1) is 14.9. The molecule has 1 amide bonds. The van der Waals surface area contributed by atoms with E-state index in [4.69, 9.17) is 4.74 Å². The third-order valence-electron chi connectivity index (χ3n) is 2.82. The Labute approximate surface area is 109 Å². The van der Waals surface area contributed by atoms with Crippen LogP contribution in [0.3, 0.4) is 0 Å². The Bertz CT molecular complexity index is 323. The summed E-state index contributed by atoms with van der Waals surface area (Å²) in [5.41, 5.74) is -0.398. The molecule has 0 unspecified atom stereocenters. The molecule has 1 aliphatic rings. The van der Waals surface area contributed by atoms with Crippen LogP contribution in [0.1, 0.15) is 27.2 Å². The van der Waals surface area contributed by atoms with Gasteiger partial charge in [0.1, 0.15) is 0 Å². The van der Waals surface area contributed by atoms with Gasteiger partial charge in [-0.15, -0.1) is 0 Å². The van der Waals surface area contributed by atoms with Gasteiger partial charge in [0, 0.05) is 0 Å². The van der Waals surface area contributed by atoms with Crippen LogP contribution in [-0.4, -0.2) is 48.1 Å². The summed E-state index contributed by atoms with van der Waals surface area (Å²) in [5, 5.41) is 0. The second-order valence-corrected chi connectivity index (χ2v) is 21.3. The number of hydrogen-bond donors (Lipinski definition) is 0. The number of ether oxygens (including phenoxy) is 1. The number of carbonyl (C=O) groups excluding carboxylic acids is 1. The number of hydrogen-bond acceptors (Lipinski definition) is 2. The summed E-state index contributed by atoms with van der Waals surface area (Å²) in [7, 11) is 0. The van der Waals surface area contributed by atoms with Crippen LogP contribution in [0.15, 0.2) is 9.67 Å². The molecule has 0 aromatic rings. The second kappa shape index (κ2) is 5.20. The summed E-state index contributed by atoms with van der Waals surface area (Å²) in [6.07, 6.45) is 3.11. The molecule has 3 nitrogen and oxygen atoms in total. The number of nitrogens with zero attached hydrogens (tertiary/aromatic N) is 1. The van der Waals surface area contributed by atoms with Crippen molar-refractivity contribution < 1.29 is 9.53 Å². The van der Waals surface area contributed by atoms with Crippen molar-refractivity contribution in [3.05, 3.63) is 9.67 Å². The molecule has 0 aliphatic carbocycles. The van der Waals surface area contributed by atoms with E-state index in [0.717, 1.165) is 19.5 Å². The second-order valence-electron chi connectivity index (χ2n) is 6.66. The molecule has 0 spiro atoms. The average molecular weight is 346 g/mol. The molecule has 1 rings (SSSR count). The summed E-state index contributed by atoms with van der Waals surface area (Å²) in [6, 6.07) is 0. The zero-order chi connectivity index (χ0) is 13.3. The van der Waals surface area contributed by atoms with Crippen LogP contribution in [0.5, 0.6) is 0 Å². The number of amides is 1. The molecule has 0 radical (unpaired) electrons. The number of carbonyl (C=O) groups is 1. The van der Waals surface area contributed by atoms with E-state index in [9.17, 15) is 4.79 Å². The molecule has 4 heteroatoms. The van der Waals surface area contributed by atoms with Crippen LogP contribution >= 0.6 is 0 Å². The van der Waals surface area contributed by atoms with Crippen LogP contribution in [0, 0.1) is 0 Å². The summed E-state index contributed by atoms with van der Waals surface area (Å²) < 4.78 is 7.01. The van der Waals surface area contributed by atoms with E-state index >= 15 is 0 Å². The van der Waals surface area contributed by atoms with Gasteiger partial charge in [-0.05, 0) is 0 Å². The SMILES string of the molecule is CC(C)(C)OC(=O)N1CC=[C]([Sn]([CH3])([CH3])[CH3])CC1. The van der Waals surface area contributed by atoms with E-state index in [1.165, 1.54) is 0 Å². The van der Waals surface area contributed by atoms with Crippen LogP contribution in [0.25, 0.3) is 0 Å². The van der Waals surface area contributed by atoms with Crippen molar-refractivity contribution in [2.75, 3.05) is 13.1 Å². The van der Waals surface area contributed by atoms with Crippen LogP contribution < -0.4 is 0 Å². The molecule has 0 aromatic carbocycles. The van der Waals surface area contributed by atoms with E-state index in [2.05, 4.69) is 20.9 Å². The van der Waals surface area contributed by atoms with Crippen molar-refractivity contribution >= 4 is 24.5 Å². The fourth-order valence-electron chi connectivity index (χ4n) is 1.84. The maximum absolute atomic E-state index is 11.9. The predicted octanol–water partition coefficient (Wildman–Crippen LogP) is 3.43. The number of rotatable bonds is 1. The fourth-order valence-corrected chi connectivity index (χ4v) is 6.31. The van der Waals surface area contributed by atoms with Gasteiger partial charge in [-0.1, -0.05) is 0 Å². The predicted molar refractivity (Wildman–Crippen MR) is 73.9 cm³/mol. The van der Waals surface area contributed by atoms with Gasteiger partial charge in [-0.2, -0.15) is 0 Å². The molecule has 17 heavy (non-hydrogen) atoms. The van der Waals surface area contributed by atoms with Gasteiger partial charge in [0.25, 0.3) is 0 Å². The van der Waals surface area contributed by atoms with Crippen molar-refractivity contribution in [2.24, 2.45) is 0 Å². The van der Waals surface area contributed by atoms with Gasteiger partial charge < -0.3 is 0 Å². The van der Waals surface area contributed by atoms with E-state index in [-0.39, 0.29) is 6.09 Å². The third-order valence-corrected chi connectivity index (χ3v) is 9.62. The topological polar surface area (TPSA) is 29.5 Å². The molecule has 0 bridgehead atoms. The van der Waals surface area contributed by atoms with E-state index in [1.54, 1.807) is 8.49 Å². The summed E-state index contributed by atoms with van der Waals surface area (Å²) in [5.74, 6) is 0. The first-order valence-corrected chi connectivity index (χ1v) is 16.3. The maximum atomic E-state index is 11.9. The Morgan fingerprint density at radius 2 is 1.94 bits per heavy atom. The zero-order valence-electron chi connectivity index (χ0n) is 12.0. The van der Waals surface area contributed by atoms with Crippen LogP contribution in [0.2, 0.25) is 14.8 Å². The van der Waals surface area contributed by atoms with Crippen molar-refractivity contribution in [2.45, 2.75) is 47.6 Å². The quantitative estimate of drug-likeness (QED) is 0.681. The minimum absolute atomic E-state index is 0.183. The molecule has 1 aliphatic heterocycles. The minimum atomic E-state index is -1.90. The molecular formula is C13H25NO2Sn. The molecule has 0 aromatic heterocycles. The first-order valence-electron chi connectivity index (χ1n) is 6.27. The normalized spacial score (nSPS) is 17.8. The fraction of sp³-hybridized carbons (Fsp3) is 0.769. The van der Waals surface area contributed by atoms with E-state index in [1.807, 2.05) is 20.8 Å². The molecule has 0 saturated carbocycles. The standard InChI is InChI=1S/C10H16NO2.3CH3.Sn/c1-10(2,3)13-9(12)11-7-5-4-6-8-11;;;;/h5H,6-8H2,1-3H3;3*1H3;. The first-order chi connectivity index (χ1) is 7.59. The summed E-state index contributed by atoms with van der Waals surface area (Å²) in [6.45, 7) is 7.25. The molecule has 1 heterocycles.